The van der Waals surface area contributed by atoms with Crippen LogP contribution < -0.4 is 9.30 Å². The van der Waals surface area contributed by atoms with Gasteiger partial charge in [0.15, 0.2) is 0 Å². The van der Waals surface area contributed by atoms with Gasteiger partial charge in [0.2, 0.25) is 5.52 Å². The highest BCUT2D eigenvalue weighted by molar-refractivity contribution is 7.19. The van der Waals surface area contributed by atoms with E-state index < -0.39 is 0 Å². The van der Waals surface area contributed by atoms with Crippen molar-refractivity contribution in [1.82, 2.24) is 0 Å². The summed E-state index contributed by atoms with van der Waals surface area (Å²) in [7, 11) is 2.12. The average molecular weight is 362 g/mol. The van der Waals surface area contributed by atoms with Gasteiger partial charge in [-0.25, -0.2) is 0 Å². The molecule has 0 atom stereocenters. The molecule has 3 heterocycles. The number of rotatable bonds is 1. The maximum absolute atomic E-state index is 6.07. The monoisotopic (exact) mass is 362 g/mol. The van der Waals surface area contributed by atoms with Crippen LogP contribution in [0.3, 0.4) is 0 Å². The zero-order chi connectivity index (χ0) is 17.0. The molecule has 4 heteroatoms. The van der Waals surface area contributed by atoms with E-state index in [1.807, 2.05) is 12.1 Å². The molecule has 0 spiro atoms. The van der Waals surface area contributed by atoms with E-state index in [2.05, 4.69) is 66.4 Å². The smallest absolute Gasteiger partial charge is 0.266 e. The lowest BCUT2D eigenvalue weighted by atomic mass is 10.1. The van der Waals surface area contributed by atoms with Crippen LogP contribution in [0, 0.1) is 6.92 Å². The molecule has 5 rings (SSSR count). The highest BCUT2D eigenvalue weighted by Gasteiger charge is 2.18. The van der Waals surface area contributed by atoms with E-state index in [0.29, 0.717) is 0 Å². The van der Waals surface area contributed by atoms with Crippen molar-refractivity contribution in [2.45, 2.75) is 6.92 Å². The van der Waals surface area contributed by atoms with Gasteiger partial charge in [0, 0.05) is 16.3 Å². The molecule has 0 saturated carbocycles. The first-order valence-electron chi connectivity index (χ1n) is 8.15. The molecule has 0 aliphatic carbocycles. The van der Waals surface area contributed by atoms with Gasteiger partial charge in [0.05, 0.1) is 6.08 Å². The Hall–Kier alpha value is -2.43. The number of allylic oxidation sites excluding steroid dienone is 1. The Bertz CT molecular complexity index is 1190. The summed E-state index contributed by atoms with van der Waals surface area (Å²) in [6.45, 7) is 2.10. The number of thiophene rings is 1. The van der Waals surface area contributed by atoms with Crippen molar-refractivity contribution in [3.63, 3.8) is 0 Å². The van der Waals surface area contributed by atoms with Crippen molar-refractivity contribution >= 4 is 55.1 Å². The van der Waals surface area contributed by atoms with Crippen LogP contribution in [-0.4, -0.2) is 0 Å². The number of hydrogen-bond acceptors (Lipinski definition) is 3. The first kappa shape index (κ1) is 14.9. The number of hydrogen-bond donors (Lipinski definition) is 0. The molecular weight excluding hydrogens is 346 g/mol. The van der Waals surface area contributed by atoms with E-state index in [4.69, 9.17) is 4.74 Å². The van der Waals surface area contributed by atoms with Crippen LogP contribution in [-0.2, 0) is 7.05 Å². The van der Waals surface area contributed by atoms with E-state index in [1.54, 1.807) is 22.7 Å². The second-order valence-corrected chi connectivity index (χ2v) is 8.31. The summed E-state index contributed by atoms with van der Waals surface area (Å²) in [5.41, 5.74) is 3.65. The Kier molecular flexibility index (Phi) is 3.30. The van der Waals surface area contributed by atoms with Crippen LogP contribution in [0.25, 0.3) is 32.5 Å². The summed E-state index contributed by atoms with van der Waals surface area (Å²) in [5, 5.41) is 4.65. The Morgan fingerprint density at radius 2 is 1.96 bits per heavy atom. The summed E-state index contributed by atoms with van der Waals surface area (Å²) >= 11 is 3.59. The van der Waals surface area contributed by atoms with Gasteiger partial charge in [0.1, 0.15) is 23.3 Å². The normalized spacial score (nSPS) is 15.0. The predicted octanol–water partition coefficient (Wildman–Crippen LogP) is 5.70. The summed E-state index contributed by atoms with van der Waals surface area (Å²) in [5.74, 6) is 1.80. The standard InChI is InChI=1S/C21H16NOS2/c1-13-3-6-18-14(9-13)4-5-16(23-18)11-21-22(2)17-12-19-15(7-8-24-19)10-20(17)25-21/h3-12H,1-2H3/q+1/b16-11+. The molecule has 122 valence electrons. The first-order chi connectivity index (χ1) is 12.2. The lowest BCUT2D eigenvalue weighted by molar-refractivity contribution is -0.642. The van der Waals surface area contributed by atoms with E-state index in [1.165, 1.54) is 30.9 Å². The summed E-state index contributed by atoms with van der Waals surface area (Å²) in [6.07, 6.45) is 6.30. The molecule has 0 unspecified atom stereocenters. The van der Waals surface area contributed by atoms with Gasteiger partial charge in [-0.05, 0) is 54.1 Å². The van der Waals surface area contributed by atoms with Gasteiger partial charge in [-0.3, -0.25) is 0 Å². The fourth-order valence-electron chi connectivity index (χ4n) is 3.17. The molecule has 4 aromatic rings. The minimum absolute atomic E-state index is 0.875. The third-order valence-corrected chi connectivity index (χ3v) is 6.55. The largest absolute Gasteiger partial charge is 0.456 e. The van der Waals surface area contributed by atoms with Crippen molar-refractivity contribution in [3.8, 4) is 5.75 Å². The first-order valence-corrected chi connectivity index (χ1v) is 9.85. The highest BCUT2D eigenvalue weighted by Crippen LogP contribution is 2.32. The summed E-state index contributed by atoms with van der Waals surface area (Å²) < 4.78 is 11.0. The van der Waals surface area contributed by atoms with Gasteiger partial charge in [-0.15, -0.1) is 11.3 Å². The number of ether oxygens (including phenoxy) is 1. The molecule has 1 aliphatic rings. The van der Waals surface area contributed by atoms with Gasteiger partial charge >= 0.3 is 0 Å². The van der Waals surface area contributed by atoms with Crippen molar-refractivity contribution in [3.05, 3.63) is 69.7 Å². The maximum atomic E-state index is 6.07. The second-order valence-electron chi connectivity index (χ2n) is 6.30. The SMILES string of the molecule is Cc1ccc2c(c1)C=C/C(=C\c1sc3cc4ccsc4cc3[n+]1C)O2. The van der Waals surface area contributed by atoms with Crippen LogP contribution >= 0.6 is 22.7 Å². The van der Waals surface area contributed by atoms with E-state index in [9.17, 15) is 0 Å². The zero-order valence-corrected chi connectivity index (χ0v) is 15.6. The van der Waals surface area contributed by atoms with Crippen molar-refractivity contribution < 1.29 is 9.30 Å². The number of aryl methyl sites for hydroxylation is 2. The third-order valence-electron chi connectivity index (χ3n) is 4.53. The summed E-state index contributed by atoms with van der Waals surface area (Å²) in [6, 6.07) is 13.0. The lowest BCUT2D eigenvalue weighted by Crippen LogP contribution is -2.29. The molecule has 0 saturated heterocycles. The van der Waals surface area contributed by atoms with Gasteiger partial charge in [0.25, 0.3) is 5.01 Å². The van der Waals surface area contributed by atoms with Crippen LogP contribution in [0.4, 0.5) is 0 Å². The molecule has 0 fully saturated rings. The molecule has 2 nitrogen and oxygen atoms in total. The van der Waals surface area contributed by atoms with E-state index in [-0.39, 0.29) is 0 Å². The molecule has 0 bridgehead atoms. The highest BCUT2D eigenvalue weighted by atomic mass is 32.1. The molecule has 0 amide bonds. The van der Waals surface area contributed by atoms with Crippen LogP contribution in [0.15, 0.2) is 53.6 Å². The topological polar surface area (TPSA) is 13.1 Å². The van der Waals surface area contributed by atoms with Gasteiger partial charge in [-0.1, -0.05) is 23.0 Å². The number of aromatic nitrogens is 1. The zero-order valence-electron chi connectivity index (χ0n) is 13.9. The minimum Gasteiger partial charge on any atom is -0.456 e. The summed E-state index contributed by atoms with van der Waals surface area (Å²) in [4.78, 5) is 0. The maximum Gasteiger partial charge on any atom is 0.266 e. The molecule has 0 radical (unpaired) electrons. The minimum atomic E-state index is 0.875. The van der Waals surface area contributed by atoms with Gasteiger partial charge in [-0.2, -0.15) is 4.57 Å². The predicted molar refractivity (Wildman–Crippen MR) is 107 cm³/mol. The number of fused-ring (bicyclic) bond motifs is 3. The van der Waals surface area contributed by atoms with Crippen LogP contribution in [0.1, 0.15) is 16.1 Å². The Morgan fingerprint density at radius 1 is 1.04 bits per heavy atom. The molecule has 0 N–H and O–H groups in total. The molecule has 2 aromatic heterocycles. The van der Waals surface area contributed by atoms with Crippen molar-refractivity contribution in [2.24, 2.45) is 7.05 Å². The Labute approximate surface area is 153 Å². The molecule has 25 heavy (non-hydrogen) atoms. The number of thiazole rings is 1. The van der Waals surface area contributed by atoms with Gasteiger partial charge < -0.3 is 4.74 Å². The van der Waals surface area contributed by atoms with E-state index in [0.717, 1.165) is 17.1 Å². The quantitative estimate of drug-likeness (QED) is 0.396. The molecule has 1 aliphatic heterocycles. The number of benzene rings is 2. The third kappa shape index (κ3) is 2.49. The van der Waals surface area contributed by atoms with E-state index >= 15 is 0 Å². The fourth-order valence-corrected chi connectivity index (χ4v) is 5.10. The second kappa shape index (κ2) is 5.55. The molecule has 2 aromatic carbocycles. The lowest BCUT2D eigenvalue weighted by Gasteiger charge is -2.14. The average Bonchev–Trinajstić information content (AvgIpc) is 3.18. The Balaban J connectivity index is 1.59. The van der Waals surface area contributed by atoms with Crippen LogP contribution in [0.2, 0.25) is 0 Å². The van der Waals surface area contributed by atoms with Crippen molar-refractivity contribution in [1.29, 1.82) is 0 Å². The number of nitrogens with zero attached hydrogens (tertiary/aromatic N) is 1. The Morgan fingerprint density at radius 3 is 2.88 bits per heavy atom. The fraction of sp³-hybridized carbons (Fsp3) is 0.0952. The van der Waals surface area contributed by atoms with Crippen LogP contribution in [0.5, 0.6) is 5.75 Å². The van der Waals surface area contributed by atoms with Crippen molar-refractivity contribution in [2.75, 3.05) is 0 Å². The molecular formula is C21H16NOS2+.